The van der Waals surface area contributed by atoms with Gasteiger partial charge in [-0.3, -0.25) is 4.90 Å². The van der Waals surface area contributed by atoms with Gasteiger partial charge >= 0.3 is 0 Å². The number of pyridine rings is 1. The first-order chi connectivity index (χ1) is 9.81. The lowest BCUT2D eigenvalue weighted by atomic mass is 10.2. The van der Waals surface area contributed by atoms with Gasteiger partial charge in [-0.05, 0) is 24.1 Å². The standard InChI is InChI=1S/C16H20N4/c17-15-7-4-9-18-16(15)19-14-8-10-20(12-14)11-13-5-2-1-3-6-13/h1-7,9,14H,8,10-12,17H2,(H,18,19). The van der Waals surface area contributed by atoms with E-state index in [0.717, 1.165) is 31.9 Å². The molecular formula is C16H20N4. The van der Waals surface area contributed by atoms with Crippen molar-refractivity contribution < 1.29 is 0 Å². The predicted molar refractivity (Wildman–Crippen MR) is 82.4 cm³/mol. The summed E-state index contributed by atoms with van der Waals surface area (Å²) in [5, 5.41) is 3.45. The van der Waals surface area contributed by atoms with Crippen molar-refractivity contribution in [3.8, 4) is 0 Å². The lowest BCUT2D eigenvalue weighted by Crippen LogP contribution is -2.26. The Kier molecular flexibility index (Phi) is 3.83. The number of anilines is 2. The summed E-state index contributed by atoms with van der Waals surface area (Å²) >= 11 is 0. The van der Waals surface area contributed by atoms with Crippen LogP contribution >= 0.6 is 0 Å². The monoisotopic (exact) mass is 268 g/mol. The van der Waals surface area contributed by atoms with Gasteiger partial charge in [0.1, 0.15) is 5.82 Å². The van der Waals surface area contributed by atoms with Crippen LogP contribution in [0.25, 0.3) is 0 Å². The third kappa shape index (κ3) is 3.08. The molecule has 1 fully saturated rings. The van der Waals surface area contributed by atoms with Crippen LogP contribution < -0.4 is 11.1 Å². The Balaban J connectivity index is 1.56. The zero-order valence-corrected chi connectivity index (χ0v) is 11.5. The van der Waals surface area contributed by atoms with Gasteiger partial charge in [0, 0.05) is 31.9 Å². The molecule has 4 nitrogen and oxygen atoms in total. The summed E-state index contributed by atoms with van der Waals surface area (Å²) < 4.78 is 0. The van der Waals surface area contributed by atoms with Crippen molar-refractivity contribution in [2.75, 3.05) is 24.1 Å². The number of likely N-dealkylation sites (tertiary alicyclic amines) is 1. The molecule has 3 rings (SSSR count). The molecule has 1 aromatic heterocycles. The Hall–Kier alpha value is -2.07. The minimum atomic E-state index is 0.427. The van der Waals surface area contributed by atoms with Gasteiger partial charge in [-0.1, -0.05) is 30.3 Å². The molecule has 1 unspecified atom stereocenters. The maximum Gasteiger partial charge on any atom is 0.149 e. The van der Waals surface area contributed by atoms with Crippen LogP contribution in [0, 0.1) is 0 Å². The smallest absolute Gasteiger partial charge is 0.149 e. The normalized spacial score (nSPS) is 19.1. The van der Waals surface area contributed by atoms with Crippen LogP contribution in [0.1, 0.15) is 12.0 Å². The van der Waals surface area contributed by atoms with Gasteiger partial charge in [0.2, 0.25) is 0 Å². The van der Waals surface area contributed by atoms with Gasteiger partial charge in [0.25, 0.3) is 0 Å². The highest BCUT2D eigenvalue weighted by atomic mass is 15.2. The van der Waals surface area contributed by atoms with Gasteiger partial charge in [-0.15, -0.1) is 0 Å². The van der Waals surface area contributed by atoms with Crippen molar-refractivity contribution in [2.24, 2.45) is 0 Å². The van der Waals surface area contributed by atoms with E-state index in [2.05, 4.69) is 45.5 Å². The summed E-state index contributed by atoms with van der Waals surface area (Å²) in [6, 6.07) is 14.8. The van der Waals surface area contributed by atoms with E-state index in [1.54, 1.807) is 6.20 Å². The van der Waals surface area contributed by atoms with E-state index in [1.165, 1.54) is 5.56 Å². The molecule has 3 N–H and O–H groups in total. The average molecular weight is 268 g/mol. The molecule has 0 aliphatic carbocycles. The van der Waals surface area contributed by atoms with Gasteiger partial charge in [0.05, 0.1) is 5.69 Å². The molecule has 0 saturated carbocycles. The molecule has 104 valence electrons. The number of aromatic nitrogens is 1. The number of hydrogen-bond acceptors (Lipinski definition) is 4. The zero-order chi connectivity index (χ0) is 13.8. The second-order valence-electron chi connectivity index (χ2n) is 5.29. The molecule has 0 radical (unpaired) electrons. The van der Waals surface area contributed by atoms with E-state index in [-0.39, 0.29) is 0 Å². The molecule has 1 atom stereocenters. The number of nitrogens with two attached hydrogens (primary N) is 1. The van der Waals surface area contributed by atoms with Gasteiger partial charge in [0.15, 0.2) is 0 Å². The van der Waals surface area contributed by atoms with Crippen LogP contribution in [0.5, 0.6) is 0 Å². The molecule has 2 heterocycles. The maximum atomic E-state index is 5.92. The first-order valence-corrected chi connectivity index (χ1v) is 7.04. The number of rotatable bonds is 4. The van der Waals surface area contributed by atoms with Gasteiger partial charge in [-0.2, -0.15) is 0 Å². The summed E-state index contributed by atoms with van der Waals surface area (Å²) in [4.78, 5) is 6.76. The van der Waals surface area contributed by atoms with Crippen LogP contribution in [0.3, 0.4) is 0 Å². The quantitative estimate of drug-likeness (QED) is 0.893. The van der Waals surface area contributed by atoms with Gasteiger partial charge < -0.3 is 11.1 Å². The molecule has 4 heteroatoms. The number of nitrogen functional groups attached to an aromatic ring is 1. The highest BCUT2D eigenvalue weighted by molar-refractivity contribution is 5.60. The molecule has 1 aromatic carbocycles. The second kappa shape index (κ2) is 5.92. The van der Waals surface area contributed by atoms with Crippen LogP contribution in [0.15, 0.2) is 48.7 Å². The lowest BCUT2D eigenvalue weighted by Gasteiger charge is -2.17. The summed E-state index contributed by atoms with van der Waals surface area (Å²) in [5.74, 6) is 0.805. The number of benzene rings is 1. The highest BCUT2D eigenvalue weighted by Gasteiger charge is 2.22. The van der Waals surface area contributed by atoms with Crippen molar-refractivity contribution in [1.29, 1.82) is 0 Å². The summed E-state index contributed by atoms with van der Waals surface area (Å²) in [6.07, 6.45) is 2.90. The van der Waals surface area contributed by atoms with Gasteiger partial charge in [-0.25, -0.2) is 4.98 Å². The summed E-state index contributed by atoms with van der Waals surface area (Å²) in [5.41, 5.74) is 8.00. The van der Waals surface area contributed by atoms with E-state index in [9.17, 15) is 0 Å². The predicted octanol–water partition coefficient (Wildman–Crippen LogP) is 2.35. The zero-order valence-electron chi connectivity index (χ0n) is 11.5. The van der Waals surface area contributed by atoms with E-state index < -0.39 is 0 Å². The minimum absolute atomic E-state index is 0.427. The SMILES string of the molecule is Nc1cccnc1NC1CCN(Cc2ccccc2)C1. The molecule has 20 heavy (non-hydrogen) atoms. The summed E-state index contributed by atoms with van der Waals surface area (Å²) in [6.45, 7) is 3.15. The average Bonchev–Trinajstić information content (AvgIpc) is 2.90. The largest absolute Gasteiger partial charge is 0.396 e. The number of nitrogens with one attached hydrogen (secondary N) is 1. The Morgan fingerprint density at radius 1 is 1.20 bits per heavy atom. The fraction of sp³-hybridized carbons (Fsp3) is 0.312. The Morgan fingerprint density at radius 3 is 2.85 bits per heavy atom. The van der Waals surface area contributed by atoms with Crippen molar-refractivity contribution in [3.05, 3.63) is 54.2 Å². The topological polar surface area (TPSA) is 54.2 Å². The molecule has 1 aliphatic heterocycles. The van der Waals surface area contributed by atoms with E-state index in [1.807, 2.05) is 12.1 Å². The van der Waals surface area contributed by atoms with Crippen molar-refractivity contribution >= 4 is 11.5 Å². The summed E-state index contributed by atoms with van der Waals surface area (Å²) in [7, 11) is 0. The second-order valence-corrected chi connectivity index (χ2v) is 5.29. The first-order valence-electron chi connectivity index (χ1n) is 7.04. The molecule has 2 aromatic rings. The Morgan fingerprint density at radius 2 is 2.05 bits per heavy atom. The molecular weight excluding hydrogens is 248 g/mol. The van der Waals surface area contributed by atoms with Crippen molar-refractivity contribution in [3.63, 3.8) is 0 Å². The molecule has 0 spiro atoms. The van der Waals surface area contributed by atoms with Crippen molar-refractivity contribution in [2.45, 2.75) is 19.0 Å². The number of hydrogen-bond donors (Lipinski definition) is 2. The fourth-order valence-corrected chi connectivity index (χ4v) is 2.67. The van der Waals surface area contributed by atoms with Crippen LogP contribution in [-0.4, -0.2) is 29.0 Å². The number of nitrogens with zero attached hydrogens (tertiary/aromatic N) is 2. The molecule has 1 saturated heterocycles. The molecule has 0 bridgehead atoms. The minimum Gasteiger partial charge on any atom is -0.396 e. The fourth-order valence-electron chi connectivity index (χ4n) is 2.67. The molecule has 1 aliphatic rings. The van der Waals surface area contributed by atoms with Crippen LogP contribution in [-0.2, 0) is 6.54 Å². The van der Waals surface area contributed by atoms with Crippen molar-refractivity contribution in [1.82, 2.24) is 9.88 Å². The highest BCUT2D eigenvalue weighted by Crippen LogP contribution is 2.20. The van der Waals surface area contributed by atoms with Crippen LogP contribution in [0.4, 0.5) is 11.5 Å². The Labute approximate surface area is 119 Å². The molecule has 0 amide bonds. The third-order valence-electron chi connectivity index (χ3n) is 3.70. The lowest BCUT2D eigenvalue weighted by molar-refractivity contribution is 0.328. The Bertz CT molecular complexity index is 555. The third-order valence-corrected chi connectivity index (χ3v) is 3.70. The van der Waals surface area contributed by atoms with E-state index in [4.69, 9.17) is 5.73 Å². The maximum absolute atomic E-state index is 5.92. The van der Waals surface area contributed by atoms with Crippen LogP contribution in [0.2, 0.25) is 0 Å². The van der Waals surface area contributed by atoms with E-state index >= 15 is 0 Å². The van der Waals surface area contributed by atoms with E-state index in [0.29, 0.717) is 11.7 Å². The first kappa shape index (κ1) is 12.9.